The average molecular weight is 296 g/mol. The molecule has 0 atom stereocenters. The maximum atomic E-state index is 5.27. The first kappa shape index (κ1) is 15.3. The van der Waals surface area contributed by atoms with E-state index < -0.39 is 0 Å². The molecule has 2 heterocycles. The van der Waals surface area contributed by atoms with Gasteiger partial charge in [0.1, 0.15) is 5.01 Å². The number of rotatable bonds is 5. The molecule has 0 amide bonds. The van der Waals surface area contributed by atoms with E-state index in [1.807, 2.05) is 6.92 Å². The molecule has 1 fully saturated rings. The van der Waals surface area contributed by atoms with Crippen molar-refractivity contribution < 1.29 is 4.74 Å². The van der Waals surface area contributed by atoms with Gasteiger partial charge < -0.3 is 15.4 Å². The van der Waals surface area contributed by atoms with Crippen molar-refractivity contribution in [3.63, 3.8) is 0 Å². The third-order valence-electron chi connectivity index (χ3n) is 3.37. The van der Waals surface area contributed by atoms with Gasteiger partial charge in [0.05, 0.1) is 25.5 Å². The molecule has 1 aromatic rings. The Morgan fingerprint density at radius 3 is 2.65 bits per heavy atom. The number of aromatic nitrogens is 1. The molecule has 5 nitrogen and oxygen atoms in total. The first-order valence-corrected chi connectivity index (χ1v) is 7.87. The molecular weight excluding hydrogens is 272 g/mol. The van der Waals surface area contributed by atoms with E-state index in [9.17, 15) is 0 Å². The van der Waals surface area contributed by atoms with Crippen LogP contribution in [0.25, 0.3) is 0 Å². The predicted octanol–water partition coefficient (Wildman–Crippen LogP) is 1.85. The van der Waals surface area contributed by atoms with Gasteiger partial charge in [0.15, 0.2) is 5.96 Å². The van der Waals surface area contributed by atoms with Crippen molar-refractivity contribution >= 4 is 17.3 Å². The lowest BCUT2D eigenvalue weighted by molar-refractivity contribution is -0.0971. The standard InChI is InChI=1S/C14H24N4OS/c1-5-15-13(17-7-14(4)8-19-9-14)16-6-12-18-10(2)11(3)20-12/h5-9H2,1-4H3,(H2,15,16,17). The van der Waals surface area contributed by atoms with Crippen LogP contribution in [0.5, 0.6) is 0 Å². The van der Waals surface area contributed by atoms with Crippen LogP contribution in [-0.4, -0.2) is 37.2 Å². The molecule has 0 bridgehead atoms. The van der Waals surface area contributed by atoms with E-state index in [1.165, 1.54) is 4.88 Å². The van der Waals surface area contributed by atoms with E-state index in [0.717, 1.165) is 43.0 Å². The second kappa shape index (κ2) is 6.54. The number of nitrogens with zero attached hydrogens (tertiary/aromatic N) is 2. The van der Waals surface area contributed by atoms with Crippen molar-refractivity contribution in [3.05, 3.63) is 15.6 Å². The lowest BCUT2D eigenvalue weighted by Gasteiger charge is -2.38. The fourth-order valence-electron chi connectivity index (χ4n) is 1.94. The summed E-state index contributed by atoms with van der Waals surface area (Å²) in [5.41, 5.74) is 1.35. The Hall–Kier alpha value is -1.14. The zero-order chi connectivity index (χ0) is 14.6. The SMILES string of the molecule is CCNC(=NCc1nc(C)c(C)s1)NCC1(C)COC1. The lowest BCUT2D eigenvalue weighted by Crippen LogP contribution is -2.51. The molecule has 112 valence electrons. The Labute approximate surface area is 124 Å². The first-order chi connectivity index (χ1) is 9.52. The summed E-state index contributed by atoms with van der Waals surface area (Å²) < 4.78 is 5.27. The quantitative estimate of drug-likeness (QED) is 0.643. The summed E-state index contributed by atoms with van der Waals surface area (Å²) in [5, 5.41) is 7.73. The van der Waals surface area contributed by atoms with Crippen LogP contribution >= 0.6 is 11.3 Å². The minimum Gasteiger partial charge on any atom is -0.380 e. The van der Waals surface area contributed by atoms with Crippen LogP contribution in [0, 0.1) is 19.3 Å². The second-order valence-corrected chi connectivity index (χ2v) is 6.89. The molecule has 20 heavy (non-hydrogen) atoms. The topological polar surface area (TPSA) is 58.5 Å². The monoisotopic (exact) mass is 296 g/mol. The number of aliphatic imine (C=N–C) groups is 1. The molecule has 1 aliphatic heterocycles. The molecule has 2 N–H and O–H groups in total. The number of ether oxygens (including phenoxy) is 1. The van der Waals surface area contributed by atoms with Gasteiger partial charge in [0, 0.05) is 23.4 Å². The van der Waals surface area contributed by atoms with Gasteiger partial charge in [0.25, 0.3) is 0 Å². The van der Waals surface area contributed by atoms with E-state index in [1.54, 1.807) is 11.3 Å². The summed E-state index contributed by atoms with van der Waals surface area (Å²) >= 11 is 1.72. The lowest BCUT2D eigenvalue weighted by atomic mass is 9.89. The first-order valence-electron chi connectivity index (χ1n) is 7.05. The van der Waals surface area contributed by atoms with Crippen LogP contribution in [0.1, 0.15) is 29.4 Å². The number of hydrogen-bond acceptors (Lipinski definition) is 4. The maximum Gasteiger partial charge on any atom is 0.191 e. The molecule has 1 aliphatic rings. The average Bonchev–Trinajstić information content (AvgIpc) is 2.70. The summed E-state index contributed by atoms with van der Waals surface area (Å²) in [4.78, 5) is 10.4. The zero-order valence-electron chi connectivity index (χ0n) is 12.7. The minimum absolute atomic E-state index is 0.241. The van der Waals surface area contributed by atoms with Crippen LogP contribution in [0.4, 0.5) is 0 Å². The molecular formula is C14H24N4OS. The molecule has 0 spiro atoms. The molecule has 0 saturated carbocycles. The van der Waals surface area contributed by atoms with E-state index in [0.29, 0.717) is 6.54 Å². The Balaban J connectivity index is 1.90. The summed E-state index contributed by atoms with van der Waals surface area (Å²) in [6, 6.07) is 0. The van der Waals surface area contributed by atoms with Crippen LogP contribution < -0.4 is 10.6 Å². The van der Waals surface area contributed by atoms with Gasteiger partial charge in [-0.05, 0) is 20.8 Å². The number of guanidine groups is 1. The largest absolute Gasteiger partial charge is 0.380 e. The molecule has 1 aromatic heterocycles. The number of aryl methyl sites for hydroxylation is 2. The number of hydrogen-bond donors (Lipinski definition) is 2. The molecule has 1 saturated heterocycles. The normalized spacial score (nSPS) is 17.7. The highest BCUT2D eigenvalue weighted by atomic mass is 32.1. The molecule has 0 unspecified atom stereocenters. The van der Waals surface area contributed by atoms with E-state index in [-0.39, 0.29) is 5.41 Å². The number of thiazole rings is 1. The van der Waals surface area contributed by atoms with Crippen LogP contribution in [0.3, 0.4) is 0 Å². The van der Waals surface area contributed by atoms with Crippen molar-refractivity contribution in [1.82, 2.24) is 15.6 Å². The van der Waals surface area contributed by atoms with Crippen molar-refractivity contribution in [2.24, 2.45) is 10.4 Å². The van der Waals surface area contributed by atoms with Gasteiger partial charge in [-0.15, -0.1) is 11.3 Å². The van der Waals surface area contributed by atoms with Gasteiger partial charge in [-0.2, -0.15) is 0 Å². The predicted molar refractivity (Wildman–Crippen MR) is 83.3 cm³/mol. The van der Waals surface area contributed by atoms with Gasteiger partial charge >= 0.3 is 0 Å². The van der Waals surface area contributed by atoms with Gasteiger partial charge in [-0.3, -0.25) is 0 Å². The highest BCUT2D eigenvalue weighted by Crippen LogP contribution is 2.25. The summed E-state index contributed by atoms with van der Waals surface area (Å²) in [5.74, 6) is 0.853. The Morgan fingerprint density at radius 1 is 1.40 bits per heavy atom. The fourth-order valence-corrected chi connectivity index (χ4v) is 2.80. The highest BCUT2D eigenvalue weighted by molar-refractivity contribution is 7.11. The van der Waals surface area contributed by atoms with Crippen molar-refractivity contribution in [3.8, 4) is 0 Å². The summed E-state index contributed by atoms with van der Waals surface area (Å²) in [6.07, 6.45) is 0. The molecule has 0 aromatic carbocycles. The van der Waals surface area contributed by atoms with Gasteiger partial charge in [-0.1, -0.05) is 6.92 Å². The second-order valence-electron chi connectivity index (χ2n) is 5.60. The number of nitrogens with one attached hydrogen (secondary N) is 2. The van der Waals surface area contributed by atoms with Gasteiger partial charge in [-0.25, -0.2) is 9.98 Å². The van der Waals surface area contributed by atoms with Crippen LogP contribution in [0.2, 0.25) is 0 Å². The molecule has 2 rings (SSSR count). The summed E-state index contributed by atoms with van der Waals surface area (Å²) in [7, 11) is 0. The van der Waals surface area contributed by atoms with E-state index >= 15 is 0 Å². The van der Waals surface area contributed by atoms with Crippen molar-refractivity contribution in [2.75, 3.05) is 26.3 Å². The molecule has 0 aliphatic carbocycles. The third-order valence-corrected chi connectivity index (χ3v) is 4.43. The van der Waals surface area contributed by atoms with Crippen LogP contribution in [-0.2, 0) is 11.3 Å². The van der Waals surface area contributed by atoms with Crippen molar-refractivity contribution in [1.29, 1.82) is 0 Å². The Morgan fingerprint density at radius 2 is 2.15 bits per heavy atom. The summed E-state index contributed by atoms with van der Waals surface area (Å²) in [6.45, 7) is 12.4. The smallest absolute Gasteiger partial charge is 0.191 e. The fraction of sp³-hybridized carbons (Fsp3) is 0.714. The third kappa shape index (κ3) is 3.93. The maximum absolute atomic E-state index is 5.27. The molecule has 0 radical (unpaired) electrons. The molecule has 6 heteroatoms. The minimum atomic E-state index is 0.241. The van der Waals surface area contributed by atoms with Crippen molar-refractivity contribution in [2.45, 2.75) is 34.2 Å². The van der Waals surface area contributed by atoms with E-state index in [2.05, 4.69) is 41.4 Å². The van der Waals surface area contributed by atoms with Crippen LogP contribution in [0.15, 0.2) is 4.99 Å². The highest BCUT2D eigenvalue weighted by Gasteiger charge is 2.33. The Bertz CT molecular complexity index is 460. The zero-order valence-corrected chi connectivity index (χ0v) is 13.6. The van der Waals surface area contributed by atoms with E-state index in [4.69, 9.17) is 4.74 Å². The van der Waals surface area contributed by atoms with Gasteiger partial charge in [0.2, 0.25) is 0 Å². The Kier molecular flexibility index (Phi) is 4.99.